The molecule has 1 aliphatic carbocycles. The normalized spacial score (nSPS) is 21.4. The van der Waals surface area contributed by atoms with Gasteiger partial charge in [0.05, 0.1) is 5.54 Å². The van der Waals surface area contributed by atoms with Crippen LogP contribution in [0, 0.1) is 0 Å². The molecule has 0 aliphatic heterocycles. The summed E-state index contributed by atoms with van der Waals surface area (Å²) in [5.74, 6) is 0. The van der Waals surface area contributed by atoms with E-state index in [1.807, 2.05) is 0 Å². The minimum Gasteiger partial charge on any atom is -0.297 e. The van der Waals surface area contributed by atoms with E-state index in [1.54, 1.807) is 0 Å². The lowest BCUT2D eigenvalue weighted by Crippen LogP contribution is -2.44. The van der Waals surface area contributed by atoms with E-state index in [-0.39, 0.29) is 5.54 Å². The number of hydrogen-bond acceptors (Lipinski definition) is 1. The van der Waals surface area contributed by atoms with Crippen LogP contribution in [-0.2, 0) is 0 Å². The molecule has 80 valence electrons. The summed E-state index contributed by atoms with van der Waals surface area (Å²) in [7, 11) is 4.37. The third-order valence-corrected chi connectivity index (χ3v) is 4.20. The SMILES string of the molecule is CCC1(N(C)C)C(C)=C(C)C(C)=C1C. The lowest BCUT2D eigenvalue weighted by atomic mass is 9.83. The van der Waals surface area contributed by atoms with Gasteiger partial charge in [-0.3, -0.25) is 4.90 Å². The first-order chi connectivity index (χ1) is 6.39. The predicted octanol–water partition coefficient (Wildman–Crippen LogP) is 3.38. The van der Waals surface area contributed by atoms with Crippen LogP contribution in [0.4, 0.5) is 0 Å². The molecule has 0 unspecified atom stereocenters. The van der Waals surface area contributed by atoms with Crippen LogP contribution in [0.1, 0.15) is 41.0 Å². The van der Waals surface area contributed by atoms with Gasteiger partial charge in [-0.25, -0.2) is 0 Å². The van der Waals surface area contributed by atoms with Gasteiger partial charge < -0.3 is 0 Å². The topological polar surface area (TPSA) is 3.24 Å². The fourth-order valence-electron chi connectivity index (χ4n) is 2.98. The second-order valence-electron chi connectivity index (χ2n) is 4.61. The summed E-state index contributed by atoms with van der Waals surface area (Å²) in [6.07, 6.45) is 1.16. The Morgan fingerprint density at radius 1 is 0.929 bits per heavy atom. The molecule has 0 atom stereocenters. The first-order valence-corrected chi connectivity index (χ1v) is 5.43. The molecule has 14 heavy (non-hydrogen) atoms. The van der Waals surface area contributed by atoms with E-state index in [4.69, 9.17) is 0 Å². The fraction of sp³-hybridized carbons (Fsp3) is 0.692. The molecule has 0 aromatic rings. The summed E-state index contributed by atoms with van der Waals surface area (Å²) in [6.45, 7) is 11.3. The molecule has 0 amide bonds. The van der Waals surface area contributed by atoms with Crippen LogP contribution in [0.25, 0.3) is 0 Å². The van der Waals surface area contributed by atoms with Crippen LogP contribution in [-0.4, -0.2) is 24.5 Å². The Kier molecular flexibility index (Phi) is 2.91. The Morgan fingerprint density at radius 3 is 1.43 bits per heavy atom. The number of rotatable bonds is 2. The first kappa shape index (κ1) is 11.5. The molecule has 0 heterocycles. The molecule has 0 aromatic carbocycles. The van der Waals surface area contributed by atoms with Gasteiger partial charge in [-0.1, -0.05) is 6.92 Å². The van der Waals surface area contributed by atoms with Crippen molar-refractivity contribution >= 4 is 0 Å². The highest BCUT2D eigenvalue weighted by Crippen LogP contribution is 2.44. The molecule has 0 saturated heterocycles. The minimum absolute atomic E-state index is 0.189. The van der Waals surface area contributed by atoms with E-state index in [1.165, 1.54) is 22.3 Å². The van der Waals surface area contributed by atoms with Crippen molar-refractivity contribution in [1.29, 1.82) is 0 Å². The number of likely N-dealkylation sites (N-methyl/N-ethyl adjacent to an activating group) is 1. The van der Waals surface area contributed by atoms with Crippen molar-refractivity contribution in [2.24, 2.45) is 0 Å². The van der Waals surface area contributed by atoms with Crippen LogP contribution in [0.15, 0.2) is 22.3 Å². The zero-order valence-electron chi connectivity index (χ0n) is 10.7. The Hall–Kier alpha value is -0.560. The van der Waals surface area contributed by atoms with Gasteiger partial charge in [-0.05, 0) is 70.5 Å². The Balaban J connectivity index is 3.37. The second-order valence-corrected chi connectivity index (χ2v) is 4.61. The maximum atomic E-state index is 2.36. The average molecular weight is 193 g/mol. The highest BCUT2D eigenvalue weighted by atomic mass is 15.1. The minimum atomic E-state index is 0.189. The summed E-state index contributed by atoms with van der Waals surface area (Å²) < 4.78 is 0. The van der Waals surface area contributed by atoms with Gasteiger partial charge in [0.2, 0.25) is 0 Å². The van der Waals surface area contributed by atoms with E-state index in [0.717, 1.165) is 6.42 Å². The molecule has 0 spiro atoms. The van der Waals surface area contributed by atoms with Crippen molar-refractivity contribution in [3.8, 4) is 0 Å². The van der Waals surface area contributed by atoms with Crippen molar-refractivity contribution in [3.05, 3.63) is 22.3 Å². The second kappa shape index (κ2) is 3.54. The van der Waals surface area contributed by atoms with Crippen molar-refractivity contribution in [1.82, 2.24) is 4.90 Å². The molecule has 0 fully saturated rings. The van der Waals surface area contributed by atoms with Gasteiger partial charge in [0.1, 0.15) is 0 Å². The lowest BCUT2D eigenvalue weighted by molar-refractivity contribution is 0.229. The van der Waals surface area contributed by atoms with Gasteiger partial charge in [-0.15, -0.1) is 0 Å². The van der Waals surface area contributed by atoms with Gasteiger partial charge in [0, 0.05) is 0 Å². The van der Waals surface area contributed by atoms with E-state index in [0.29, 0.717) is 0 Å². The zero-order chi connectivity index (χ0) is 11.1. The standard InChI is InChI=1S/C13H23N/c1-8-13(14(6)7)11(4)9(2)10(3)12(13)5/h8H2,1-7H3. The third-order valence-electron chi connectivity index (χ3n) is 4.20. The molecule has 0 saturated carbocycles. The molecule has 1 nitrogen and oxygen atoms in total. The van der Waals surface area contributed by atoms with Crippen molar-refractivity contribution < 1.29 is 0 Å². The first-order valence-electron chi connectivity index (χ1n) is 5.43. The monoisotopic (exact) mass is 193 g/mol. The van der Waals surface area contributed by atoms with Crippen LogP contribution < -0.4 is 0 Å². The highest BCUT2D eigenvalue weighted by Gasteiger charge is 2.40. The van der Waals surface area contributed by atoms with Crippen LogP contribution >= 0.6 is 0 Å². The molecule has 1 aliphatic rings. The van der Waals surface area contributed by atoms with E-state index >= 15 is 0 Å². The zero-order valence-corrected chi connectivity index (χ0v) is 10.7. The summed E-state index contributed by atoms with van der Waals surface area (Å²) >= 11 is 0. The summed E-state index contributed by atoms with van der Waals surface area (Å²) in [5.41, 5.74) is 6.21. The Labute approximate surface area is 88.5 Å². The number of hydrogen-bond donors (Lipinski definition) is 0. The Bertz CT molecular complexity index is 281. The maximum Gasteiger partial charge on any atom is 0.0632 e. The molecule has 0 aromatic heterocycles. The predicted molar refractivity (Wildman–Crippen MR) is 63.5 cm³/mol. The van der Waals surface area contributed by atoms with E-state index < -0.39 is 0 Å². The van der Waals surface area contributed by atoms with Crippen LogP contribution in [0.3, 0.4) is 0 Å². The summed E-state index contributed by atoms with van der Waals surface area (Å²) in [5, 5.41) is 0. The average Bonchev–Trinajstić information content (AvgIpc) is 2.30. The van der Waals surface area contributed by atoms with Gasteiger partial charge >= 0.3 is 0 Å². The van der Waals surface area contributed by atoms with Crippen LogP contribution in [0.2, 0.25) is 0 Å². The molecule has 0 radical (unpaired) electrons. The van der Waals surface area contributed by atoms with Crippen molar-refractivity contribution in [2.45, 2.75) is 46.6 Å². The molecule has 1 heteroatoms. The largest absolute Gasteiger partial charge is 0.297 e. The highest BCUT2D eigenvalue weighted by molar-refractivity contribution is 5.54. The molecular formula is C13H23N. The smallest absolute Gasteiger partial charge is 0.0632 e. The number of allylic oxidation sites excluding steroid dienone is 2. The van der Waals surface area contributed by atoms with Crippen LogP contribution in [0.5, 0.6) is 0 Å². The molecular weight excluding hydrogens is 170 g/mol. The van der Waals surface area contributed by atoms with Gasteiger partial charge in [0.15, 0.2) is 0 Å². The van der Waals surface area contributed by atoms with Crippen molar-refractivity contribution in [2.75, 3.05) is 14.1 Å². The van der Waals surface area contributed by atoms with Crippen molar-refractivity contribution in [3.63, 3.8) is 0 Å². The summed E-state index contributed by atoms with van der Waals surface area (Å²) in [6, 6.07) is 0. The number of nitrogens with zero attached hydrogens (tertiary/aromatic N) is 1. The van der Waals surface area contributed by atoms with E-state index in [2.05, 4.69) is 53.6 Å². The lowest BCUT2D eigenvalue weighted by Gasteiger charge is -2.39. The fourth-order valence-corrected chi connectivity index (χ4v) is 2.98. The van der Waals surface area contributed by atoms with Gasteiger partial charge in [0.25, 0.3) is 0 Å². The third kappa shape index (κ3) is 1.18. The quantitative estimate of drug-likeness (QED) is 0.650. The van der Waals surface area contributed by atoms with E-state index in [9.17, 15) is 0 Å². The molecule has 0 bridgehead atoms. The Morgan fingerprint density at radius 2 is 1.29 bits per heavy atom. The summed E-state index contributed by atoms with van der Waals surface area (Å²) in [4.78, 5) is 2.36. The molecule has 0 N–H and O–H groups in total. The molecule has 1 rings (SSSR count). The maximum absolute atomic E-state index is 2.36. The van der Waals surface area contributed by atoms with Gasteiger partial charge in [-0.2, -0.15) is 0 Å².